The molecule has 0 saturated heterocycles. The lowest BCUT2D eigenvalue weighted by Gasteiger charge is -2.22. The lowest BCUT2D eigenvalue weighted by Crippen LogP contribution is -2.38. The third-order valence-corrected chi connectivity index (χ3v) is 3.02. The summed E-state index contributed by atoms with van der Waals surface area (Å²) in [4.78, 5) is 34.5. The number of amides is 2. The zero-order valence-corrected chi connectivity index (χ0v) is 13.1. The highest BCUT2D eigenvalue weighted by Crippen LogP contribution is 1.88. The maximum absolute atomic E-state index is 10.7. The van der Waals surface area contributed by atoms with Gasteiger partial charge in [0.2, 0.25) is 11.8 Å². The average molecular weight is 294 g/mol. The van der Waals surface area contributed by atoms with Crippen molar-refractivity contribution in [1.82, 2.24) is 9.80 Å². The Hall–Kier alpha value is -1.28. The van der Waals surface area contributed by atoms with Gasteiger partial charge in [-0.15, -0.1) is 0 Å². The number of carbonyl (C=O) groups is 3. The van der Waals surface area contributed by atoms with Gasteiger partial charge in [-0.3, -0.25) is 18.6 Å². The van der Waals surface area contributed by atoms with E-state index in [1.807, 2.05) is 0 Å². The van der Waals surface area contributed by atoms with Gasteiger partial charge in [-0.25, -0.2) is 4.21 Å². The van der Waals surface area contributed by atoms with Crippen molar-refractivity contribution in [1.29, 1.82) is 0 Å². The van der Waals surface area contributed by atoms with Crippen LogP contribution in [0.25, 0.3) is 0 Å². The Balaban J connectivity index is 0. The number of rotatable bonds is 5. The van der Waals surface area contributed by atoms with Crippen LogP contribution in [0, 0.1) is 0 Å². The van der Waals surface area contributed by atoms with Crippen molar-refractivity contribution in [3.63, 3.8) is 0 Å². The fourth-order valence-electron chi connectivity index (χ4n) is 0.742. The summed E-state index contributed by atoms with van der Waals surface area (Å²) in [6.45, 7) is 4.66. The predicted molar refractivity (Wildman–Crippen MR) is 72.5 cm³/mol. The molecule has 0 saturated carbocycles. The van der Waals surface area contributed by atoms with E-state index in [1.165, 1.54) is 37.7 Å². The summed E-state index contributed by atoms with van der Waals surface area (Å²) >= 11 is -1.41. The van der Waals surface area contributed by atoms with Crippen molar-refractivity contribution >= 4 is 28.7 Å². The van der Waals surface area contributed by atoms with Gasteiger partial charge >= 0.3 is 0 Å². The molecule has 2 amide bonds. The molecule has 1 unspecified atom stereocenters. The van der Waals surface area contributed by atoms with E-state index in [0.717, 1.165) is 0 Å². The first-order valence-corrected chi connectivity index (χ1v) is 6.71. The Kier molecular flexibility index (Phi) is 11.2. The highest BCUT2D eigenvalue weighted by atomic mass is 32.2. The Morgan fingerprint density at radius 1 is 1.00 bits per heavy atom. The van der Waals surface area contributed by atoms with Crippen LogP contribution >= 0.6 is 0 Å². The second-order valence-corrected chi connectivity index (χ2v) is 5.12. The smallest absolute Gasteiger partial charge is 0.220 e. The van der Waals surface area contributed by atoms with Crippen LogP contribution in [0.2, 0.25) is 0 Å². The molecule has 19 heavy (non-hydrogen) atoms. The molecule has 0 aromatic carbocycles. The molecular formula is C11H22N2O5S. The van der Waals surface area contributed by atoms with E-state index >= 15 is 0 Å². The number of carbonyl (C=O) groups excluding carboxylic acids is 3. The Labute approximate surface area is 116 Å². The van der Waals surface area contributed by atoms with Crippen LogP contribution in [0.4, 0.5) is 0 Å². The van der Waals surface area contributed by atoms with Crippen molar-refractivity contribution in [2.24, 2.45) is 0 Å². The van der Waals surface area contributed by atoms with Gasteiger partial charge in [0.15, 0.2) is 11.1 Å². The molecule has 0 rings (SSSR count). The zero-order valence-electron chi connectivity index (χ0n) is 12.3. The summed E-state index contributed by atoms with van der Waals surface area (Å²) < 4.78 is 14.6. The van der Waals surface area contributed by atoms with Gasteiger partial charge in [0.05, 0.1) is 13.8 Å². The normalized spacial score (nSPS) is 10.8. The predicted octanol–water partition coefficient (Wildman–Crippen LogP) is -0.214. The van der Waals surface area contributed by atoms with Crippen LogP contribution in [0.3, 0.4) is 0 Å². The Morgan fingerprint density at radius 3 is 1.53 bits per heavy atom. The van der Waals surface area contributed by atoms with E-state index in [4.69, 9.17) is 0 Å². The van der Waals surface area contributed by atoms with Crippen molar-refractivity contribution in [3.8, 4) is 0 Å². The zero-order chi connectivity index (χ0) is 15.6. The first-order chi connectivity index (χ1) is 8.61. The van der Waals surface area contributed by atoms with Gasteiger partial charge in [-0.2, -0.15) is 0 Å². The van der Waals surface area contributed by atoms with Crippen LogP contribution in [0.1, 0.15) is 20.8 Å². The summed E-state index contributed by atoms with van der Waals surface area (Å²) in [5, 5.41) is 0. The van der Waals surface area contributed by atoms with Crippen LogP contribution in [-0.4, -0.2) is 65.2 Å². The van der Waals surface area contributed by atoms with E-state index < -0.39 is 11.1 Å². The minimum atomic E-state index is -1.41. The molecule has 1 atom stereocenters. The lowest BCUT2D eigenvalue weighted by molar-refractivity contribution is -0.134. The van der Waals surface area contributed by atoms with Gasteiger partial charge in [-0.1, -0.05) is 0 Å². The number of Topliss-reactive ketones (excluding diaryl/α,β-unsaturated/α-hetero) is 1. The molecule has 8 heteroatoms. The SMILES string of the molecule is CC(=O)N(C)CN(C)C(C)=O.COS(=O)CC(C)=O. The summed E-state index contributed by atoms with van der Waals surface area (Å²) in [7, 11) is 4.61. The largest absolute Gasteiger partial charge is 0.328 e. The van der Waals surface area contributed by atoms with E-state index in [-0.39, 0.29) is 23.4 Å². The van der Waals surface area contributed by atoms with Crippen molar-refractivity contribution in [3.05, 3.63) is 0 Å². The van der Waals surface area contributed by atoms with Gasteiger partial charge in [0, 0.05) is 27.9 Å². The highest BCUT2D eigenvalue weighted by Gasteiger charge is 2.07. The maximum Gasteiger partial charge on any atom is 0.220 e. The fourth-order valence-corrected chi connectivity index (χ4v) is 1.19. The average Bonchev–Trinajstić information content (AvgIpc) is 2.28. The molecule has 0 aromatic heterocycles. The van der Waals surface area contributed by atoms with Crippen molar-refractivity contribution in [2.45, 2.75) is 20.8 Å². The number of hydrogen-bond donors (Lipinski definition) is 0. The minimum Gasteiger partial charge on any atom is -0.328 e. The molecule has 0 spiro atoms. The molecule has 0 aliphatic carbocycles. The number of ketones is 1. The van der Waals surface area contributed by atoms with E-state index in [9.17, 15) is 18.6 Å². The lowest BCUT2D eigenvalue weighted by atomic mass is 10.5. The van der Waals surface area contributed by atoms with E-state index in [0.29, 0.717) is 6.67 Å². The molecule has 0 bridgehead atoms. The number of nitrogens with zero attached hydrogens (tertiary/aromatic N) is 2. The molecule has 0 aliphatic rings. The molecule has 0 aromatic rings. The molecule has 0 fully saturated rings. The first-order valence-electron chi connectivity index (χ1n) is 5.47. The molecular weight excluding hydrogens is 272 g/mol. The molecule has 0 radical (unpaired) electrons. The van der Waals surface area contributed by atoms with Crippen LogP contribution in [0.5, 0.6) is 0 Å². The Morgan fingerprint density at radius 2 is 1.37 bits per heavy atom. The molecule has 0 heterocycles. The van der Waals surface area contributed by atoms with Gasteiger partial charge in [0.25, 0.3) is 0 Å². The van der Waals surface area contributed by atoms with Gasteiger partial charge in [-0.05, 0) is 6.92 Å². The first kappa shape index (κ1) is 20.0. The molecule has 112 valence electrons. The highest BCUT2D eigenvalue weighted by molar-refractivity contribution is 7.80. The topological polar surface area (TPSA) is 84.0 Å². The Bertz CT molecular complexity index is 328. The molecule has 0 N–H and O–H groups in total. The van der Waals surface area contributed by atoms with Gasteiger partial charge in [0.1, 0.15) is 11.5 Å². The second-order valence-electron chi connectivity index (χ2n) is 3.89. The summed E-state index contributed by atoms with van der Waals surface area (Å²) in [5.74, 6) is -0.211. The fraction of sp³-hybridized carbons (Fsp3) is 0.727. The van der Waals surface area contributed by atoms with E-state index in [1.54, 1.807) is 14.1 Å². The standard InChI is InChI=1S/C7H14N2O2.C4H8O3S/c1-6(10)8(3)5-9(4)7(2)11;1-4(5)3-8(6)7-2/h5H2,1-4H3;3H2,1-2H3. The quantitative estimate of drug-likeness (QED) is 0.655. The summed E-state index contributed by atoms with van der Waals surface area (Å²) in [6.07, 6.45) is 0. The van der Waals surface area contributed by atoms with Crippen LogP contribution < -0.4 is 0 Å². The van der Waals surface area contributed by atoms with Crippen molar-refractivity contribution < 1.29 is 22.8 Å². The monoisotopic (exact) mass is 294 g/mol. The third kappa shape index (κ3) is 13.0. The summed E-state index contributed by atoms with van der Waals surface area (Å²) in [5.41, 5.74) is 0. The molecule has 7 nitrogen and oxygen atoms in total. The van der Waals surface area contributed by atoms with Crippen LogP contribution in [-0.2, 0) is 29.6 Å². The second kappa shape index (κ2) is 10.6. The summed E-state index contributed by atoms with van der Waals surface area (Å²) in [6, 6.07) is 0. The maximum atomic E-state index is 10.7. The third-order valence-electron chi connectivity index (χ3n) is 2.01. The van der Waals surface area contributed by atoms with Crippen molar-refractivity contribution in [2.75, 3.05) is 33.6 Å². The number of hydrogen-bond acceptors (Lipinski definition) is 5. The van der Waals surface area contributed by atoms with E-state index in [2.05, 4.69) is 4.18 Å². The minimum absolute atomic E-state index is 0.00347. The van der Waals surface area contributed by atoms with Gasteiger partial charge < -0.3 is 9.80 Å². The van der Waals surface area contributed by atoms with Crippen LogP contribution in [0.15, 0.2) is 0 Å². The molecule has 0 aliphatic heterocycles.